The van der Waals surface area contributed by atoms with Crippen LogP contribution in [0.1, 0.15) is 11.1 Å². The van der Waals surface area contributed by atoms with Crippen molar-refractivity contribution in [2.24, 2.45) is 0 Å². The van der Waals surface area contributed by atoms with Crippen molar-refractivity contribution in [2.75, 3.05) is 11.1 Å². The van der Waals surface area contributed by atoms with Gasteiger partial charge in [-0.25, -0.2) is 4.39 Å². The number of carbonyl (C=O) groups excluding carboxylic acids is 1. The summed E-state index contributed by atoms with van der Waals surface area (Å²) >= 11 is 1.43. The normalized spacial score (nSPS) is 9.90. The van der Waals surface area contributed by atoms with Crippen molar-refractivity contribution in [3.05, 3.63) is 65.5 Å². The van der Waals surface area contributed by atoms with Gasteiger partial charge in [-0.1, -0.05) is 18.2 Å². The van der Waals surface area contributed by atoms with Crippen molar-refractivity contribution in [3.8, 4) is 6.07 Å². The lowest BCUT2D eigenvalue weighted by molar-refractivity contribution is -0.113. The molecule has 0 aliphatic carbocycles. The Kier molecular flexibility index (Phi) is 5.35. The maximum Gasteiger partial charge on any atom is 0.234 e. The Bertz CT molecular complexity index is 665. The molecule has 1 N–H and O–H groups in total. The van der Waals surface area contributed by atoms with Gasteiger partial charge in [0.15, 0.2) is 0 Å². The number of thioether (sulfide) groups is 1. The molecule has 2 aromatic rings. The van der Waals surface area contributed by atoms with Gasteiger partial charge in [-0.05, 0) is 35.9 Å². The van der Waals surface area contributed by atoms with E-state index in [9.17, 15) is 9.18 Å². The van der Waals surface area contributed by atoms with Crippen LogP contribution >= 0.6 is 11.8 Å². The highest BCUT2D eigenvalue weighted by molar-refractivity contribution is 7.99. The zero-order valence-corrected chi connectivity index (χ0v) is 12.0. The van der Waals surface area contributed by atoms with Crippen molar-refractivity contribution in [2.45, 2.75) is 5.75 Å². The standard InChI is InChI=1S/C16H13FN2OS/c17-14-5-7-15(8-6-14)19-16(20)11-21-10-13-4-2-1-3-12(13)9-18/h1-8H,10-11H2,(H,19,20). The van der Waals surface area contributed by atoms with E-state index in [1.165, 1.54) is 36.0 Å². The van der Waals surface area contributed by atoms with Gasteiger partial charge in [-0.3, -0.25) is 4.79 Å². The number of carbonyl (C=O) groups is 1. The zero-order valence-electron chi connectivity index (χ0n) is 11.2. The highest BCUT2D eigenvalue weighted by Gasteiger charge is 2.05. The van der Waals surface area contributed by atoms with Crippen LogP contribution in [0.25, 0.3) is 0 Å². The third-order valence-corrected chi connectivity index (χ3v) is 3.74. The number of halogens is 1. The molecule has 0 heterocycles. The molecule has 1 amide bonds. The molecule has 0 atom stereocenters. The summed E-state index contributed by atoms with van der Waals surface area (Å²) in [6.07, 6.45) is 0. The summed E-state index contributed by atoms with van der Waals surface area (Å²) in [5.41, 5.74) is 2.11. The number of nitriles is 1. The van der Waals surface area contributed by atoms with Crippen molar-refractivity contribution >= 4 is 23.4 Å². The molecule has 5 heteroatoms. The monoisotopic (exact) mass is 300 g/mol. The summed E-state index contributed by atoms with van der Waals surface area (Å²) in [5, 5.41) is 11.7. The van der Waals surface area contributed by atoms with Crippen molar-refractivity contribution in [1.29, 1.82) is 5.26 Å². The number of nitrogens with one attached hydrogen (secondary N) is 1. The minimum Gasteiger partial charge on any atom is -0.325 e. The maximum absolute atomic E-state index is 12.7. The molecular formula is C16H13FN2OS. The molecule has 0 fully saturated rings. The van der Waals surface area contributed by atoms with E-state index in [0.717, 1.165) is 5.56 Å². The van der Waals surface area contributed by atoms with Crippen LogP contribution in [-0.4, -0.2) is 11.7 Å². The quantitative estimate of drug-likeness (QED) is 0.918. The van der Waals surface area contributed by atoms with Crippen LogP contribution in [0.4, 0.5) is 10.1 Å². The molecule has 0 aliphatic rings. The molecule has 0 saturated heterocycles. The van der Waals surface area contributed by atoms with Gasteiger partial charge in [0, 0.05) is 11.4 Å². The van der Waals surface area contributed by atoms with Crippen LogP contribution in [0.5, 0.6) is 0 Å². The molecule has 3 nitrogen and oxygen atoms in total. The minimum absolute atomic E-state index is 0.152. The van der Waals surface area contributed by atoms with Crippen LogP contribution in [0.3, 0.4) is 0 Å². The molecule has 106 valence electrons. The fourth-order valence-electron chi connectivity index (χ4n) is 1.74. The molecule has 0 aromatic heterocycles. The first kappa shape index (κ1) is 15.1. The maximum atomic E-state index is 12.7. The molecule has 0 bridgehead atoms. The Labute approximate surface area is 126 Å². The summed E-state index contributed by atoms with van der Waals surface area (Å²) in [4.78, 5) is 11.8. The zero-order chi connectivity index (χ0) is 15.1. The number of hydrogen-bond donors (Lipinski definition) is 1. The van der Waals surface area contributed by atoms with E-state index in [-0.39, 0.29) is 17.5 Å². The van der Waals surface area contributed by atoms with Gasteiger partial charge >= 0.3 is 0 Å². The van der Waals surface area contributed by atoms with Crippen molar-refractivity contribution in [3.63, 3.8) is 0 Å². The van der Waals surface area contributed by atoms with Crippen molar-refractivity contribution < 1.29 is 9.18 Å². The first-order valence-corrected chi connectivity index (χ1v) is 7.45. The van der Waals surface area contributed by atoms with E-state index >= 15 is 0 Å². The Morgan fingerprint density at radius 3 is 2.62 bits per heavy atom. The number of nitrogens with zero attached hydrogens (tertiary/aromatic N) is 1. The fraction of sp³-hybridized carbons (Fsp3) is 0.125. The van der Waals surface area contributed by atoms with Gasteiger partial charge in [0.25, 0.3) is 0 Å². The predicted molar refractivity (Wildman–Crippen MR) is 82.3 cm³/mol. The number of anilines is 1. The summed E-state index contributed by atoms with van der Waals surface area (Å²) in [5.74, 6) is 0.383. The van der Waals surface area contributed by atoms with Gasteiger partial charge in [0.1, 0.15) is 5.82 Å². The van der Waals surface area contributed by atoms with Gasteiger partial charge in [-0.15, -0.1) is 11.8 Å². The smallest absolute Gasteiger partial charge is 0.234 e. The second-order valence-electron chi connectivity index (χ2n) is 4.32. The lowest BCUT2D eigenvalue weighted by Crippen LogP contribution is -2.14. The molecule has 0 radical (unpaired) electrons. The van der Waals surface area contributed by atoms with E-state index in [0.29, 0.717) is 17.0 Å². The molecule has 2 aromatic carbocycles. The fourth-order valence-corrected chi connectivity index (χ4v) is 2.57. The number of hydrogen-bond acceptors (Lipinski definition) is 3. The Morgan fingerprint density at radius 2 is 1.90 bits per heavy atom. The number of benzene rings is 2. The van der Waals surface area contributed by atoms with Gasteiger partial charge in [0.05, 0.1) is 17.4 Å². The van der Waals surface area contributed by atoms with Crippen LogP contribution in [0.15, 0.2) is 48.5 Å². The average molecular weight is 300 g/mol. The molecule has 0 unspecified atom stereocenters. The molecule has 2 rings (SSSR count). The lowest BCUT2D eigenvalue weighted by atomic mass is 10.1. The van der Waals surface area contributed by atoms with Crippen LogP contribution in [-0.2, 0) is 10.5 Å². The van der Waals surface area contributed by atoms with E-state index in [4.69, 9.17) is 5.26 Å². The van der Waals surface area contributed by atoms with Crippen LogP contribution in [0, 0.1) is 17.1 Å². The second kappa shape index (κ2) is 7.46. The Hall–Kier alpha value is -2.32. The molecule has 0 spiro atoms. The molecule has 0 aliphatic heterocycles. The Morgan fingerprint density at radius 1 is 1.19 bits per heavy atom. The van der Waals surface area contributed by atoms with E-state index < -0.39 is 0 Å². The minimum atomic E-state index is -0.338. The molecule has 21 heavy (non-hydrogen) atoms. The summed E-state index contributed by atoms with van der Waals surface area (Å²) in [6, 6.07) is 15.1. The second-order valence-corrected chi connectivity index (χ2v) is 5.30. The largest absolute Gasteiger partial charge is 0.325 e. The topological polar surface area (TPSA) is 52.9 Å². The summed E-state index contributed by atoms with van der Waals surface area (Å²) in [6.45, 7) is 0. The first-order chi connectivity index (χ1) is 10.2. The van der Waals surface area contributed by atoms with Crippen molar-refractivity contribution in [1.82, 2.24) is 0 Å². The number of rotatable bonds is 5. The average Bonchev–Trinajstić information content (AvgIpc) is 2.50. The van der Waals surface area contributed by atoms with E-state index in [1.807, 2.05) is 18.2 Å². The predicted octanol–water partition coefficient (Wildman–Crippen LogP) is 3.57. The molecule has 0 saturated carbocycles. The highest BCUT2D eigenvalue weighted by Crippen LogP contribution is 2.16. The molecular weight excluding hydrogens is 287 g/mol. The van der Waals surface area contributed by atoms with E-state index in [1.54, 1.807) is 6.07 Å². The third-order valence-electron chi connectivity index (χ3n) is 2.76. The Balaban J connectivity index is 1.82. The first-order valence-electron chi connectivity index (χ1n) is 6.30. The summed E-state index contributed by atoms with van der Waals surface area (Å²) in [7, 11) is 0. The van der Waals surface area contributed by atoms with Gasteiger partial charge < -0.3 is 5.32 Å². The lowest BCUT2D eigenvalue weighted by Gasteiger charge is -2.06. The SMILES string of the molecule is N#Cc1ccccc1CSCC(=O)Nc1ccc(F)cc1. The highest BCUT2D eigenvalue weighted by atomic mass is 32.2. The van der Waals surface area contributed by atoms with E-state index in [2.05, 4.69) is 11.4 Å². The third kappa shape index (κ3) is 4.62. The van der Waals surface area contributed by atoms with Crippen LogP contribution in [0.2, 0.25) is 0 Å². The summed E-state index contributed by atoms with van der Waals surface area (Å²) < 4.78 is 12.7. The van der Waals surface area contributed by atoms with Crippen LogP contribution < -0.4 is 5.32 Å². The van der Waals surface area contributed by atoms with Gasteiger partial charge in [-0.2, -0.15) is 5.26 Å². The van der Waals surface area contributed by atoms with Gasteiger partial charge in [0.2, 0.25) is 5.91 Å². The number of amides is 1.